The van der Waals surface area contributed by atoms with Gasteiger partial charge in [-0.2, -0.15) is 0 Å². The molecule has 0 aliphatic rings. The molecule has 0 fully saturated rings. The van der Waals surface area contributed by atoms with Crippen molar-refractivity contribution in [1.29, 1.82) is 0 Å². The summed E-state index contributed by atoms with van der Waals surface area (Å²) in [5.74, 6) is 6.37. The lowest BCUT2D eigenvalue weighted by atomic mass is 10.1. The Hall–Kier alpha value is -1.17. The molecule has 1 unspecified atom stereocenters. The molecule has 3 heteroatoms. The van der Waals surface area contributed by atoms with E-state index in [-0.39, 0.29) is 5.38 Å². The smallest absolute Gasteiger partial charge is 0.120 e. The van der Waals surface area contributed by atoms with Crippen molar-refractivity contribution in [2.45, 2.75) is 31.2 Å². The highest BCUT2D eigenvalue weighted by Gasteiger charge is 2.08. The zero-order valence-electron chi connectivity index (χ0n) is 10.3. The van der Waals surface area contributed by atoms with Crippen LogP contribution >= 0.6 is 11.6 Å². The topological polar surface area (TPSA) is 29.5 Å². The Bertz CT molecular complexity index is 407. The molecule has 0 spiro atoms. The van der Waals surface area contributed by atoms with Crippen LogP contribution in [0.3, 0.4) is 0 Å². The van der Waals surface area contributed by atoms with Crippen molar-refractivity contribution in [3.63, 3.8) is 0 Å². The summed E-state index contributed by atoms with van der Waals surface area (Å²) in [6.45, 7) is 3.27. The first-order valence-corrected chi connectivity index (χ1v) is 5.86. The lowest BCUT2D eigenvalue weighted by Crippen LogP contribution is -2.15. The van der Waals surface area contributed by atoms with Crippen LogP contribution in [-0.2, 0) is 6.42 Å². The van der Waals surface area contributed by atoms with Crippen LogP contribution in [0.1, 0.15) is 19.4 Å². The fourth-order valence-electron chi connectivity index (χ4n) is 1.27. The van der Waals surface area contributed by atoms with Crippen molar-refractivity contribution >= 4 is 11.6 Å². The zero-order valence-corrected chi connectivity index (χ0v) is 11.1. The quantitative estimate of drug-likeness (QED) is 0.662. The monoisotopic (exact) mass is 252 g/mol. The number of hydrogen-bond donors (Lipinski definition) is 1. The molecule has 1 aromatic carbocycles. The molecule has 0 aliphatic heterocycles. The van der Waals surface area contributed by atoms with Crippen LogP contribution in [0.2, 0.25) is 0 Å². The summed E-state index contributed by atoms with van der Waals surface area (Å²) in [6, 6.07) is 7.70. The maximum atomic E-state index is 9.45. The Morgan fingerprint density at radius 1 is 1.35 bits per heavy atom. The van der Waals surface area contributed by atoms with Gasteiger partial charge in [0.15, 0.2) is 0 Å². The molecule has 0 bridgehead atoms. The minimum absolute atomic E-state index is 0.296. The predicted molar refractivity (Wildman–Crippen MR) is 70.4 cm³/mol. The van der Waals surface area contributed by atoms with Crippen molar-refractivity contribution in [2.75, 3.05) is 7.11 Å². The van der Waals surface area contributed by atoms with E-state index in [1.807, 2.05) is 24.3 Å². The molecule has 2 nitrogen and oxygen atoms in total. The van der Waals surface area contributed by atoms with E-state index < -0.39 is 5.60 Å². The third kappa shape index (κ3) is 5.63. The van der Waals surface area contributed by atoms with Crippen LogP contribution in [0.4, 0.5) is 0 Å². The van der Waals surface area contributed by atoms with E-state index >= 15 is 0 Å². The van der Waals surface area contributed by atoms with Gasteiger partial charge in [0, 0.05) is 0 Å². The van der Waals surface area contributed by atoms with E-state index in [0.717, 1.165) is 11.3 Å². The highest BCUT2D eigenvalue weighted by molar-refractivity contribution is 6.22. The second-order valence-electron chi connectivity index (χ2n) is 4.35. The van der Waals surface area contributed by atoms with Gasteiger partial charge >= 0.3 is 0 Å². The summed E-state index contributed by atoms with van der Waals surface area (Å²) >= 11 is 6.08. The van der Waals surface area contributed by atoms with E-state index in [0.29, 0.717) is 6.42 Å². The summed E-state index contributed by atoms with van der Waals surface area (Å²) in [5, 5.41) is 9.16. The SMILES string of the molecule is COc1ccc(CC(Cl)C#CC(C)(C)O)cc1. The highest BCUT2D eigenvalue weighted by atomic mass is 35.5. The molecule has 1 aromatic rings. The van der Waals surface area contributed by atoms with Gasteiger partial charge in [0.2, 0.25) is 0 Å². The average molecular weight is 253 g/mol. The summed E-state index contributed by atoms with van der Waals surface area (Å²) < 4.78 is 5.07. The molecule has 0 aromatic heterocycles. The third-order valence-electron chi connectivity index (χ3n) is 2.11. The van der Waals surface area contributed by atoms with Gasteiger partial charge in [-0.3, -0.25) is 0 Å². The highest BCUT2D eigenvalue weighted by Crippen LogP contribution is 2.14. The van der Waals surface area contributed by atoms with Gasteiger partial charge in [0.05, 0.1) is 12.5 Å². The van der Waals surface area contributed by atoms with Gasteiger partial charge in [-0.1, -0.05) is 24.0 Å². The third-order valence-corrected chi connectivity index (χ3v) is 2.37. The number of ether oxygens (including phenoxy) is 1. The second-order valence-corrected chi connectivity index (χ2v) is 4.87. The van der Waals surface area contributed by atoms with Gasteiger partial charge in [0.25, 0.3) is 0 Å². The van der Waals surface area contributed by atoms with E-state index in [1.165, 1.54) is 0 Å². The van der Waals surface area contributed by atoms with Crippen LogP contribution in [0.15, 0.2) is 24.3 Å². The molecule has 1 rings (SSSR count). The molecule has 0 saturated heterocycles. The first kappa shape index (κ1) is 13.9. The van der Waals surface area contributed by atoms with Crippen molar-refractivity contribution in [2.24, 2.45) is 0 Å². The zero-order chi connectivity index (χ0) is 12.9. The van der Waals surface area contributed by atoms with Gasteiger partial charge in [0.1, 0.15) is 11.4 Å². The minimum Gasteiger partial charge on any atom is -0.497 e. The average Bonchev–Trinajstić information content (AvgIpc) is 2.27. The first-order chi connectivity index (χ1) is 7.90. The number of rotatable bonds is 3. The van der Waals surface area contributed by atoms with E-state index in [9.17, 15) is 5.11 Å². The number of halogens is 1. The fourth-order valence-corrected chi connectivity index (χ4v) is 1.51. The number of benzene rings is 1. The Kier molecular flexibility index (Phi) is 4.86. The molecular formula is C14H17ClO2. The molecule has 1 atom stereocenters. The summed E-state index contributed by atoms with van der Waals surface area (Å²) in [7, 11) is 1.63. The summed E-state index contributed by atoms with van der Waals surface area (Å²) in [6.07, 6.45) is 0.647. The Morgan fingerprint density at radius 2 is 1.94 bits per heavy atom. The molecule has 1 N–H and O–H groups in total. The molecular weight excluding hydrogens is 236 g/mol. The number of methoxy groups -OCH3 is 1. The lowest BCUT2D eigenvalue weighted by Gasteiger charge is -2.08. The number of hydrogen-bond acceptors (Lipinski definition) is 2. The van der Waals surface area contributed by atoms with E-state index in [2.05, 4.69) is 11.8 Å². The fraction of sp³-hybridized carbons (Fsp3) is 0.429. The van der Waals surface area contributed by atoms with Crippen LogP contribution in [0.25, 0.3) is 0 Å². The Morgan fingerprint density at radius 3 is 2.41 bits per heavy atom. The largest absolute Gasteiger partial charge is 0.497 e. The van der Waals surface area contributed by atoms with E-state index in [4.69, 9.17) is 16.3 Å². The van der Waals surface area contributed by atoms with Gasteiger partial charge in [-0.15, -0.1) is 11.6 Å². The minimum atomic E-state index is -0.993. The molecule has 0 radical (unpaired) electrons. The van der Waals surface area contributed by atoms with Crippen molar-refractivity contribution in [3.8, 4) is 17.6 Å². The molecule has 92 valence electrons. The van der Waals surface area contributed by atoms with E-state index in [1.54, 1.807) is 21.0 Å². The van der Waals surface area contributed by atoms with Crippen LogP contribution in [-0.4, -0.2) is 23.2 Å². The maximum Gasteiger partial charge on any atom is 0.120 e. The lowest BCUT2D eigenvalue weighted by molar-refractivity contribution is 0.143. The van der Waals surface area contributed by atoms with Crippen LogP contribution in [0.5, 0.6) is 5.75 Å². The Labute approximate surface area is 108 Å². The standard InChI is InChI=1S/C14H17ClO2/c1-14(2,16)9-8-12(15)10-11-4-6-13(17-3)7-5-11/h4-7,12,16H,10H2,1-3H3. The predicted octanol–water partition coefficient (Wildman–Crippen LogP) is 2.62. The van der Waals surface area contributed by atoms with Gasteiger partial charge in [-0.25, -0.2) is 0 Å². The summed E-state index contributed by atoms with van der Waals surface area (Å²) in [4.78, 5) is 0. The van der Waals surface area contributed by atoms with Crippen molar-refractivity contribution < 1.29 is 9.84 Å². The maximum absolute atomic E-state index is 9.45. The molecule has 0 amide bonds. The molecule has 0 saturated carbocycles. The Balaban J connectivity index is 2.61. The summed E-state index contributed by atoms with van der Waals surface area (Å²) in [5.41, 5.74) is 0.100. The second kappa shape index (κ2) is 5.95. The van der Waals surface area contributed by atoms with Crippen LogP contribution in [0, 0.1) is 11.8 Å². The molecule has 0 aliphatic carbocycles. The van der Waals surface area contributed by atoms with Gasteiger partial charge in [-0.05, 0) is 38.0 Å². The van der Waals surface area contributed by atoms with Gasteiger partial charge < -0.3 is 9.84 Å². The molecule has 0 heterocycles. The number of alkyl halides is 1. The van der Waals surface area contributed by atoms with Crippen LogP contribution < -0.4 is 4.74 Å². The first-order valence-electron chi connectivity index (χ1n) is 5.43. The normalized spacial score (nSPS) is 12.5. The number of aliphatic hydroxyl groups is 1. The molecule has 17 heavy (non-hydrogen) atoms. The van der Waals surface area contributed by atoms with Crippen molar-refractivity contribution in [1.82, 2.24) is 0 Å². The van der Waals surface area contributed by atoms with Crippen molar-refractivity contribution in [3.05, 3.63) is 29.8 Å².